The number of nitrogens with zero attached hydrogens (tertiary/aromatic N) is 1. The lowest BCUT2D eigenvalue weighted by molar-refractivity contribution is 0.267. The van der Waals surface area contributed by atoms with Gasteiger partial charge in [0.1, 0.15) is 5.82 Å². The second-order valence-corrected chi connectivity index (χ2v) is 3.72. The van der Waals surface area contributed by atoms with E-state index in [1.54, 1.807) is 6.20 Å². The third-order valence-corrected chi connectivity index (χ3v) is 2.24. The highest BCUT2D eigenvalue weighted by Crippen LogP contribution is 2.12. The highest BCUT2D eigenvalue weighted by molar-refractivity contribution is 5.34. The van der Waals surface area contributed by atoms with Gasteiger partial charge >= 0.3 is 0 Å². The Morgan fingerprint density at radius 2 is 2.21 bits per heavy atom. The van der Waals surface area contributed by atoms with E-state index in [1.165, 1.54) is 0 Å². The van der Waals surface area contributed by atoms with Crippen LogP contribution in [0.4, 0.5) is 5.82 Å². The van der Waals surface area contributed by atoms with E-state index in [0.717, 1.165) is 12.2 Å². The molecule has 2 N–H and O–H groups in total. The molecule has 1 aromatic rings. The van der Waals surface area contributed by atoms with Gasteiger partial charge < -0.3 is 10.4 Å². The summed E-state index contributed by atoms with van der Waals surface area (Å²) >= 11 is 0. The van der Waals surface area contributed by atoms with Crippen LogP contribution in [0.3, 0.4) is 0 Å². The van der Waals surface area contributed by atoms with Crippen molar-refractivity contribution in [1.82, 2.24) is 4.98 Å². The first-order chi connectivity index (χ1) is 6.74. The standard InChI is InChI=1S/C11H18N2O/c1-9(2)10(6-8-14)13-11-5-3-4-7-12-11/h3-5,7,9-10,14H,6,8H2,1-2H3,(H,12,13). The minimum atomic E-state index is 0.211. The van der Waals surface area contributed by atoms with Crippen LogP contribution in [0.2, 0.25) is 0 Å². The van der Waals surface area contributed by atoms with E-state index in [4.69, 9.17) is 5.11 Å². The van der Waals surface area contributed by atoms with Gasteiger partial charge in [-0.15, -0.1) is 0 Å². The van der Waals surface area contributed by atoms with Gasteiger partial charge in [-0.25, -0.2) is 4.98 Å². The molecule has 14 heavy (non-hydrogen) atoms. The molecule has 1 atom stereocenters. The molecule has 0 saturated heterocycles. The molecule has 0 saturated carbocycles. The summed E-state index contributed by atoms with van der Waals surface area (Å²) in [6, 6.07) is 6.06. The van der Waals surface area contributed by atoms with Crippen LogP contribution < -0.4 is 5.32 Å². The fraction of sp³-hybridized carbons (Fsp3) is 0.545. The van der Waals surface area contributed by atoms with Crippen molar-refractivity contribution in [3.63, 3.8) is 0 Å². The Hall–Kier alpha value is -1.09. The number of rotatable bonds is 5. The number of aliphatic hydroxyl groups excluding tert-OH is 1. The molecule has 0 aliphatic carbocycles. The van der Waals surface area contributed by atoms with Gasteiger partial charge in [0.25, 0.3) is 0 Å². The summed E-state index contributed by atoms with van der Waals surface area (Å²) in [6.07, 6.45) is 2.52. The average molecular weight is 194 g/mol. The Balaban J connectivity index is 2.55. The first-order valence-electron chi connectivity index (χ1n) is 5.02. The van der Waals surface area contributed by atoms with Crippen molar-refractivity contribution in [2.45, 2.75) is 26.3 Å². The quantitative estimate of drug-likeness (QED) is 0.752. The van der Waals surface area contributed by atoms with Crippen LogP contribution in [0.15, 0.2) is 24.4 Å². The molecule has 1 heterocycles. The zero-order chi connectivity index (χ0) is 10.4. The SMILES string of the molecule is CC(C)C(CCO)Nc1ccccn1. The van der Waals surface area contributed by atoms with E-state index in [2.05, 4.69) is 24.1 Å². The lowest BCUT2D eigenvalue weighted by Crippen LogP contribution is -2.27. The van der Waals surface area contributed by atoms with Crippen LogP contribution >= 0.6 is 0 Å². The van der Waals surface area contributed by atoms with Gasteiger partial charge in [0.2, 0.25) is 0 Å². The number of hydrogen-bond acceptors (Lipinski definition) is 3. The lowest BCUT2D eigenvalue weighted by Gasteiger charge is -2.21. The van der Waals surface area contributed by atoms with Gasteiger partial charge in [-0.2, -0.15) is 0 Å². The third kappa shape index (κ3) is 3.34. The summed E-state index contributed by atoms with van der Waals surface area (Å²) < 4.78 is 0. The van der Waals surface area contributed by atoms with Gasteiger partial charge in [0.05, 0.1) is 0 Å². The number of anilines is 1. The second-order valence-electron chi connectivity index (χ2n) is 3.72. The minimum Gasteiger partial charge on any atom is -0.396 e. The number of aromatic nitrogens is 1. The number of hydrogen-bond donors (Lipinski definition) is 2. The van der Waals surface area contributed by atoms with Crippen molar-refractivity contribution in [1.29, 1.82) is 0 Å². The average Bonchev–Trinajstić information content (AvgIpc) is 2.18. The maximum absolute atomic E-state index is 8.90. The number of pyridine rings is 1. The van der Waals surface area contributed by atoms with Crippen LogP contribution in [0.25, 0.3) is 0 Å². The largest absolute Gasteiger partial charge is 0.396 e. The minimum absolute atomic E-state index is 0.211. The van der Waals surface area contributed by atoms with Gasteiger partial charge in [-0.05, 0) is 24.5 Å². The van der Waals surface area contributed by atoms with Gasteiger partial charge in [-0.1, -0.05) is 19.9 Å². The van der Waals surface area contributed by atoms with Crippen LogP contribution in [0.1, 0.15) is 20.3 Å². The molecule has 0 fully saturated rings. The molecule has 0 aliphatic heterocycles. The van der Waals surface area contributed by atoms with Crippen LogP contribution in [0.5, 0.6) is 0 Å². The molecular formula is C11H18N2O. The maximum Gasteiger partial charge on any atom is 0.126 e. The highest BCUT2D eigenvalue weighted by Gasteiger charge is 2.12. The Kier molecular flexibility index (Phi) is 4.40. The van der Waals surface area contributed by atoms with E-state index in [-0.39, 0.29) is 12.6 Å². The Morgan fingerprint density at radius 3 is 2.71 bits per heavy atom. The molecule has 0 aliphatic rings. The van der Waals surface area contributed by atoms with E-state index in [0.29, 0.717) is 5.92 Å². The third-order valence-electron chi connectivity index (χ3n) is 2.24. The van der Waals surface area contributed by atoms with Crippen molar-refractivity contribution in [3.8, 4) is 0 Å². The predicted molar refractivity (Wildman–Crippen MR) is 58.2 cm³/mol. The first-order valence-corrected chi connectivity index (χ1v) is 5.02. The van der Waals surface area contributed by atoms with Crippen molar-refractivity contribution in [2.75, 3.05) is 11.9 Å². The summed E-state index contributed by atoms with van der Waals surface area (Å²) in [7, 11) is 0. The summed E-state index contributed by atoms with van der Waals surface area (Å²) in [6.45, 7) is 4.48. The van der Waals surface area contributed by atoms with Crippen LogP contribution in [0, 0.1) is 5.92 Å². The smallest absolute Gasteiger partial charge is 0.126 e. The normalized spacial score (nSPS) is 12.9. The molecule has 1 unspecified atom stereocenters. The number of nitrogens with one attached hydrogen (secondary N) is 1. The topological polar surface area (TPSA) is 45.1 Å². The monoisotopic (exact) mass is 194 g/mol. The summed E-state index contributed by atoms with van der Waals surface area (Å²) in [5.74, 6) is 1.36. The fourth-order valence-corrected chi connectivity index (χ4v) is 1.35. The van der Waals surface area contributed by atoms with Gasteiger partial charge in [0.15, 0.2) is 0 Å². The summed E-state index contributed by atoms with van der Waals surface area (Å²) in [5, 5.41) is 12.2. The maximum atomic E-state index is 8.90. The van der Waals surface area contributed by atoms with Crippen molar-refractivity contribution < 1.29 is 5.11 Å². The lowest BCUT2D eigenvalue weighted by atomic mass is 10.0. The highest BCUT2D eigenvalue weighted by atomic mass is 16.3. The molecule has 3 heteroatoms. The molecule has 3 nitrogen and oxygen atoms in total. The van der Waals surface area contributed by atoms with Crippen molar-refractivity contribution >= 4 is 5.82 Å². The molecule has 0 spiro atoms. The zero-order valence-corrected chi connectivity index (χ0v) is 8.77. The van der Waals surface area contributed by atoms with E-state index in [9.17, 15) is 0 Å². The summed E-state index contributed by atoms with van der Waals surface area (Å²) in [5.41, 5.74) is 0. The molecular weight excluding hydrogens is 176 g/mol. The molecule has 0 aromatic carbocycles. The Labute approximate surface area is 85.2 Å². The van der Waals surface area contributed by atoms with Crippen molar-refractivity contribution in [2.24, 2.45) is 5.92 Å². The summed E-state index contributed by atoms with van der Waals surface area (Å²) in [4.78, 5) is 4.19. The first kappa shape index (κ1) is 11.0. The number of aliphatic hydroxyl groups is 1. The van der Waals surface area contributed by atoms with Crippen molar-refractivity contribution in [3.05, 3.63) is 24.4 Å². The molecule has 0 radical (unpaired) electrons. The fourth-order valence-electron chi connectivity index (χ4n) is 1.35. The molecule has 0 bridgehead atoms. The molecule has 1 rings (SSSR count). The molecule has 78 valence electrons. The van der Waals surface area contributed by atoms with E-state index in [1.807, 2.05) is 18.2 Å². The Morgan fingerprint density at radius 1 is 1.43 bits per heavy atom. The van der Waals surface area contributed by atoms with Gasteiger partial charge in [-0.3, -0.25) is 0 Å². The van der Waals surface area contributed by atoms with E-state index < -0.39 is 0 Å². The Bertz CT molecular complexity index is 249. The zero-order valence-electron chi connectivity index (χ0n) is 8.77. The van der Waals surface area contributed by atoms with Crippen LogP contribution in [-0.2, 0) is 0 Å². The van der Waals surface area contributed by atoms with E-state index >= 15 is 0 Å². The second kappa shape index (κ2) is 5.60. The molecule has 0 amide bonds. The van der Waals surface area contributed by atoms with Gasteiger partial charge in [0, 0.05) is 18.8 Å². The van der Waals surface area contributed by atoms with Crippen LogP contribution in [-0.4, -0.2) is 22.7 Å². The molecule has 1 aromatic heterocycles. The predicted octanol–water partition coefficient (Wildman–Crippen LogP) is 1.90.